The number of nitrogens with one attached hydrogen (secondary N) is 1. The molecule has 0 aromatic heterocycles. The number of hydrogen-bond donors (Lipinski definition) is 1. The molecule has 0 atom stereocenters. The standard InChI is InChI=1S/C17H27NO/c1-13-9-10-16(14(2)17(13)19-3)18-12-11-15-7-5-4-6-8-15/h9-10,15,18H,4-8,11-12H2,1-3H3. The van der Waals surface area contributed by atoms with Crippen molar-refractivity contribution in [2.75, 3.05) is 19.0 Å². The zero-order valence-electron chi connectivity index (χ0n) is 12.6. The number of aryl methyl sites for hydroxylation is 1. The van der Waals surface area contributed by atoms with Crippen molar-refractivity contribution in [1.82, 2.24) is 0 Å². The second-order valence-electron chi connectivity index (χ2n) is 5.81. The van der Waals surface area contributed by atoms with Crippen LogP contribution in [0.4, 0.5) is 5.69 Å². The summed E-state index contributed by atoms with van der Waals surface area (Å²) in [5.41, 5.74) is 3.65. The maximum absolute atomic E-state index is 5.47. The first-order valence-corrected chi connectivity index (χ1v) is 7.60. The minimum absolute atomic E-state index is 0.939. The lowest BCUT2D eigenvalue weighted by Crippen LogP contribution is -2.12. The van der Waals surface area contributed by atoms with E-state index in [0.717, 1.165) is 18.2 Å². The number of methoxy groups -OCH3 is 1. The third-order valence-corrected chi connectivity index (χ3v) is 4.40. The average molecular weight is 261 g/mol. The number of benzene rings is 1. The van der Waals surface area contributed by atoms with Gasteiger partial charge in [0.05, 0.1) is 7.11 Å². The Labute approximate surface area is 117 Å². The van der Waals surface area contributed by atoms with Gasteiger partial charge in [0.1, 0.15) is 5.75 Å². The van der Waals surface area contributed by atoms with E-state index in [2.05, 4.69) is 31.3 Å². The van der Waals surface area contributed by atoms with E-state index in [1.165, 1.54) is 55.3 Å². The van der Waals surface area contributed by atoms with Gasteiger partial charge in [0.2, 0.25) is 0 Å². The second-order valence-corrected chi connectivity index (χ2v) is 5.81. The quantitative estimate of drug-likeness (QED) is 0.830. The van der Waals surface area contributed by atoms with Crippen LogP contribution in [-0.4, -0.2) is 13.7 Å². The molecule has 0 unspecified atom stereocenters. The summed E-state index contributed by atoms with van der Waals surface area (Å²) >= 11 is 0. The predicted octanol–water partition coefficient (Wildman–Crippen LogP) is 4.69. The van der Waals surface area contributed by atoms with Crippen LogP contribution in [0.1, 0.15) is 49.7 Å². The van der Waals surface area contributed by atoms with Crippen molar-refractivity contribution in [2.24, 2.45) is 5.92 Å². The number of rotatable bonds is 5. The Hall–Kier alpha value is -1.18. The molecule has 1 aromatic carbocycles. The van der Waals surface area contributed by atoms with Crippen LogP contribution in [0.2, 0.25) is 0 Å². The fourth-order valence-electron chi connectivity index (χ4n) is 3.22. The highest BCUT2D eigenvalue weighted by Gasteiger charge is 2.13. The van der Waals surface area contributed by atoms with Gasteiger partial charge in [0.15, 0.2) is 0 Å². The van der Waals surface area contributed by atoms with Crippen molar-refractivity contribution in [3.63, 3.8) is 0 Å². The highest BCUT2D eigenvalue weighted by molar-refractivity contribution is 5.59. The first-order valence-electron chi connectivity index (χ1n) is 7.60. The molecule has 2 heteroatoms. The van der Waals surface area contributed by atoms with Gasteiger partial charge in [-0.05, 0) is 37.8 Å². The Morgan fingerprint density at radius 1 is 1.16 bits per heavy atom. The van der Waals surface area contributed by atoms with Crippen molar-refractivity contribution in [1.29, 1.82) is 0 Å². The van der Waals surface area contributed by atoms with E-state index in [0.29, 0.717) is 0 Å². The van der Waals surface area contributed by atoms with Crippen LogP contribution < -0.4 is 10.1 Å². The summed E-state index contributed by atoms with van der Waals surface area (Å²) in [6.45, 7) is 5.31. The van der Waals surface area contributed by atoms with Crippen LogP contribution in [0.25, 0.3) is 0 Å². The van der Waals surface area contributed by atoms with Crippen LogP contribution in [0.15, 0.2) is 12.1 Å². The third kappa shape index (κ3) is 3.65. The highest BCUT2D eigenvalue weighted by Crippen LogP contribution is 2.30. The van der Waals surface area contributed by atoms with Crippen LogP contribution in [0, 0.1) is 19.8 Å². The third-order valence-electron chi connectivity index (χ3n) is 4.40. The van der Waals surface area contributed by atoms with Gasteiger partial charge >= 0.3 is 0 Å². The molecule has 0 heterocycles. The van der Waals surface area contributed by atoms with Gasteiger partial charge in [0, 0.05) is 17.8 Å². The second kappa shape index (κ2) is 6.83. The van der Waals surface area contributed by atoms with Crippen LogP contribution in [-0.2, 0) is 0 Å². The summed E-state index contributed by atoms with van der Waals surface area (Å²) in [7, 11) is 1.75. The molecule has 0 bridgehead atoms. The summed E-state index contributed by atoms with van der Waals surface area (Å²) < 4.78 is 5.47. The smallest absolute Gasteiger partial charge is 0.126 e. The van der Waals surface area contributed by atoms with E-state index in [1.54, 1.807) is 7.11 Å². The Balaban J connectivity index is 1.88. The zero-order valence-corrected chi connectivity index (χ0v) is 12.6. The Kier molecular flexibility index (Phi) is 5.12. The Morgan fingerprint density at radius 3 is 2.58 bits per heavy atom. The van der Waals surface area contributed by atoms with Crippen LogP contribution in [0.5, 0.6) is 5.75 Å². The Morgan fingerprint density at radius 2 is 1.89 bits per heavy atom. The van der Waals surface area contributed by atoms with Gasteiger partial charge in [-0.1, -0.05) is 38.2 Å². The lowest BCUT2D eigenvalue weighted by molar-refractivity contribution is 0.345. The summed E-state index contributed by atoms with van der Waals surface area (Å²) in [5.74, 6) is 1.96. The summed E-state index contributed by atoms with van der Waals surface area (Å²) in [6, 6.07) is 4.31. The maximum atomic E-state index is 5.47. The normalized spacial score (nSPS) is 16.4. The molecule has 0 aliphatic heterocycles. The number of ether oxygens (including phenoxy) is 1. The van der Waals surface area contributed by atoms with Gasteiger partial charge in [-0.25, -0.2) is 0 Å². The van der Waals surface area contributed by atoms with Gasteiger partial charge < -0.3 is 10.1 Å². The molecule has 0 radical (unpaired) electrons. The first kappa shape index (κ1) is 14.2. The molecule has 106 valence electrons. The van der Waals surface area contributed by atoms with Gasteiger partial charge in [-0.15, -0.1) is 0 Å². The molecule has 2 rings (SSSR count). The van der Waals surface area contributed by atoms with Crippen molar-refractivity contribution in [3.8, 4) is 5.75 Å². The maximum Gasteiger partial charge on any atom is 0.126 e. The van der Waals surface area contributed by atoms with E-state index in [4.69, 9.17) is 4.74 Å². The lowest BCUT2D eigenvalue weighted by atomic mass is 9.87. The molecular weight excluding hydrogens is 234 g/mol. The molecule has 0 amide bonds. The first-order chi connectivity index (χ1) is 9.22. The number of hydrogen-bond acceptors (Lipinski definition) is 2. The van der Waals surface area contributed by atoms with Gasteiger partial charge in [0.25, 0.3) is 0 Å². The van der Waals surface area contributed by atoms with Gasteiger partial charge in [-0.2, -0.15) is 0 Å². The molecule has 0 spiro atoms. The van der Waals surface area contributed by atoms with E-state index < -0.39 is 0 Å². The van der Waals surface area contributed by atoms with Gasteiger partial charge in [-0.3, -0.25) is 0 Å². The predicted molar refractivity (Wildman–Crippen MR) is 82.1 cm³/mol. The van der Waals surface area contributed by atoms with Crippen LogP contribution >= 0.6 is 0 Å². The molecule has 1 aliphatic carbocycles. The lowest BCUT2D eigenvalue weighted by Gasteiger charge is -2.22. The van der Waals surface area contributed by atoms with E-state index in [-0.39, 0.29) is 0 Å². The molecule has 2 nitrogen and oxygen atoms in total. The van der Waals surface area contributed by atoms with E-state index >= 15 is 0 Å². The summed E-state index contributed by atoms with van der Waals surface area (Å²) in [4.78, 5) is 0. The molecule has 19 heavy (non-hydrogen) atoms. The zero-order chi connectivity index (χ0) is 13.7. The molecule has 1 N–H and O–H groups in total. The minimum Gasteiger partial charge on any atom is -0.496 e. The molecular formula is C17H27NO. The largest absolute Gasteiger partial charge is 0.496 e. The number of anilines is 1. The fourth-order valence-corrected chi connectivity index (χ4v) is 3.22. The van der Waals surface area contributed by atoms with Crippen molar-refractivity contribution >= 4 is 5.69 Å². The highest BCUT2D eigenvalue weighted by atomic mass is 16.5. The average Bonchev–Trinajstić information content (AvgIpc) is 2.43. The molecule has 1 fully saturated rings. The monoisotopic (exact) mass is 261 g/mol. The molecule has 0 saturated heterocycles. The molecule has 1 aromatic rings. The van der Waals surface area contributed by atoms with Crippen LogP contribution in [0.3, 0.4) is 0 Å². The minimum atomic E-state index is 0.939. The summed E-state index contributed by atoms with van der Waals surface area (Å²) in [6.07, 6.45) is 8.47. The van der Waals surface area contributed by atoms with E-state index in [9.17, 15) is 0 Å². The van der Waals surface area contributed by atoms with E-state index in [1.807, 2.05) is 0 Å². The SMILES string of the molecule is COc1c(C)ccc(NCCC2CCCCC2)c1C. The fraction of sp³-hybridized carbons (Fsp3) is 0.647. The molecule has 1 aliphatic rings. The van der Waals surface area contributed by atoms with Crippen molar-refractivity contribution < 1.29 is 4.74 Å². The summed E-state index contributed by atoms with van der Waals surface area (Å²) in [5, 5.41) is 3.58. The van der Waals surface area contributed by atoms with Crippen molar-refractivity contribution in [3.05, 3.63) is 23.3 Å². The van der Waals surface area contributed by atoms with Crippen molar-refractivity contribution in [2.45, 2.75) is 52.4 Å². The topological polar surface area (TPSA) is 21.3 Å². The molecule has 1 saturated carbocycles. The Bertz CT molecular complexity index is 408.